The van der Waals surface area contributed by atoms with Crippen LogP contribution in [-0.4, -0.2) is 16.5 Å². The summed E-state index contributed by atoms with van der Waals surface area (Å²) in [5.74, 6) is 0. The van der Waals surface area contributed by atoms with Crippen LogP contribution < -0.4 is 5.73 Å². The van der Waals surface area contributed by atoms with Crippen molar-refractivity contribution in [3.05, 3.63) is 41.2 Å². The maximum absolute atomic E-state index is 5.79. The molecule has 0 aliphatic carbocycles. The zero-order chi connectivity index (χ0) is 11.4. The molecule has 2 rings (SSSR count). The maximum Gasteiger partial charge on any atom is 0.150 e. The van der Waals surface area contributed by atoms with Crippen LogP contribution in [0.1, 0.15) is 16.5 Å². The lowest BCUT2D eigenvalue weighted by atomic mass is 10.2. The van der Waals surface area contributed by atoms with Gasteiger partial charge in [-0.3, -0.25) is 4.98 Å². The summed E-state index contributed by atoms with van der Waals surface area (Å²) in [4.78, 5) is 8.54. The van der Waals surface area contributed by atoms with Gasteiger partial charge in [0.25, 0.3) is 0 Å². The van der Waals surface area contributed by atoms with Crippen LogP contribution >= 0.6 is 23.1 Å². The van der Waals surface area contributed by atoms with E-state index in [1.807, 2.05) is 19.2 Å². The molecule has 0 amide bonds. The Labute approximate surface area is 103 Å². The molecule has 0 fully saturated rings. The second-order valence-corrected chi connectivity index (χ2v) is 5.69. The number of pyridine rings is 1. The lowest BCUT2D eigenvalue weighted by Gasteiger charge is -2.11. The first-order valence-electron chi connectivity index (χ1n) is 4.98. The molecule has 1 unspecified atom stereocenters. The molecular formula is C11H13N3S2. The smallest absolute Gasteiger partial charge is 0.150 e. The van der Waals surface area contributed by atoms with Gasteiger partial charge in [-0.15, -0.1) is 11.3 Å². The van der Waals surface area contributed by atoms with E-state index in [2.05, 4.69) is 21.4 Å². The molecule has 2 N–H and O–H groups in total. The normalized spacial score (nSPS) is 12.6. The molecule has 2 heterocycles. The summed E-state index contributed by atoms with van der Waals surface area (Å²) in [7, 11) is 0. The van der Waals surface area contributed by atoms with Gasteiger partial charge in [0.05, 0.1) is 5.25 Å². The molecule has 0 saturated heterocycles. The molecule has 2 aromatic rings. The summed E-state index contributed by atoms with van der Waals surface area (Å²) >= 11 is 3.37. The fourth-order valence-corrected chi connectivity index (χ4v) is 3.37. The second-order valence-electron chi connectivity index (χ2n) is 3.38. The van der Waals surface area contributed by atoms with Crippen molar-refractivity contribution in [1.82, 2.24) is 9.97 Å². The fourth-order valence-electron chi connectivity index (χ4n) is 1.33. The summed E-state index contributed by atoms with van der Waals surface area (Å²) in [6, 6.07) is 3.99. The monoisotopic (exact) mass is 251 g/mol. The molecule has 5 heteroatoms. The zero-order valence-electron chi connectivity index (χ0n) is 8.96. The van der Waals surface area contributed by atoms with Gasteiger partial charge in [0.15, 0.2) is 4.34 Å². The summed E-state index contributed by atoms with van der Waals surface area (Å²) < 4.78 is 1.07. The van der Waals surface area contributed by atoms with Crippen LogP contribution in [0.15, 0.2) is 34.2 Å². The van der Waals surface area contributed by atoms with Crippen molar-refractivity contribution in [2.45, 2.75) is 16.5 Å². The highest BCUT2D eigenvalue weighted by Gasteiger charge is 2.13. The first kappa shape index (κ1) is 11.6. The van der Waals surface area contributed by atoms with E-state index in [4.69, 9.17) is 5.73 Å². The van der Waals surface area contributed by atoms with Crippen LogP contribution in [0.3, 0.4) is 0 Å². The number of nitrogens with two attached hydrogens (primary N) is 1. The number of rotatable bonds is 4. The predicted molar refractivity (Wildman–Crippen MR) is 68.7 cm³/mol. The van der Waals surface area contributed by atoms with Crippen molar-refractivity contribution in [2.75, 3.05) is 6.54 Å². The third-order valence-corrected chi connectivity index (χ3v) is 4.48. The topological polar surface area (TPSA) is 51.8 Å². The Hall–Kier alpha value is -0.910. The van der Waals surface area contributed by atoms with E-state index in [0.717, 1.165) is 15.6 Å². The van der Waals surface area contributed by atoms with E-state index >= 15 is 0 Å². The van der Waals surface area contributed by atoms with Crippen molar-refractivity contribution in [2.24, 2.45) is 5.73 Å². The van der Waals surface area contributed by atoms with Gasteiger partial charge < -0.3 is 5.73 Å². The van der Waals surface area contributed by atoms with Gasteiger partial charge in [-0.25, -0.2) is 4.98 Å². The van der Waals surface area contributed by atoms with Crippen LogP contribution in [0.25, 0.3) is 0 Å². The van der Waals surface area contributed by atoms with Crippen molar-refractivity contribution in [1.29, 1.82) is 0 Å². The first-order valence-corrected chi connectivity index (χ1v) is 6.74. The lowest BCUT2D eigenvalue weighted by Crippen LogP contribution is -2.09. The minimum atomic E-state index is 0.235. The molecule has 84 valence electrons. The Balaban J connectivity index is 2.12. The molecule has 0 spiro atoms. The Bertz CT molecular complexity index is 442. The third kappa shape index (κ3) is 2.81. The van der Waals surface area contributed by atoms with E-state index in [1.54, 1.807) is 29.3 Å². The van der Waals surface area contributed by atoms with E-state index in [0.29, 0.717) is 6.54 Å². The van der Waals surface area contributed by atoms with E-state index < -0.39 is 0 Å². The summed E-state index contributed by atoms with van der Waals surface area (Å²) in [6.45, 7) is 2.59. The van der Waals surface area contributed by atoms with Gasteiger partial charge in [-0.1, -0.05) is 17.8 Å². The Morgan fingerprint density at radius 1 is 1.56 bits per heavy atom. The highest BCUT2D eigenvalue weighted by atomic mass is 32.2. The van der Waals surface area contributed by atoms with Crippen LogP contribution in [0, 0.1) is 6.92 Å². The summed E-state index contributed by atoms with van der Waals surface area (Å²) in [5, 5.41) is 2.29. The van der Waals surface area contributed by atoms with Crippen LogP contribution in [0.5, 0.6) is 0 Å². The first-order chi connectivity index (χ1) is 7.79. The molecule has 0 aromatic carbocycles. The van der Waals surface area contributed by atoms with Gasteiger partial charge in [0, 0.05) is 30.0 Å². The molecule has 0 aliphatic rings. The van der Waals surface area contributed by atoms with E-state index in [1.165, 1.54) is 0 Å². The Morgan fingerprint density at radius 2 is 2.44 bits per heavy atom. The average molecular weight is 251 g/mol. The van der Waals surface area contributed by atoms with Crippen LogP contribution in [0.4, 0.5) is 0 Å². The third-order valence-electron chi connectivity index (χ3n) is 2.11. The number of nitrogens with zero attached hydrogens (tertiary/aromatic N) is 2. The number of hydrogen-bond acceptors (Lipinski definition) is 5. The molecule has 2 aromatic heterocycles. The molecular weight excluding hydrogens is 238 g/mol. The number of aromatic nitrogens is 2. The molecule has 3 nitrogen and oxygen atoms in total. The van der Waals surface area contributed by atoms with Crippen molar-refractivity contribution in [3.8, 4) is 0 Å². The van der Waals surface area contributed by atoms with Gasteiger partial charge in [0.2, 0.25) is 0 Å². The van der Waals surface area contributed by atoms with Crippen molar-refractivity contribution in [3.63, 3.8) is 0 Å². The Morgan fingerprint density at radius 3 is 3.00 bits per heavy atom. The second kappa shape index (κ2) is 5.43. The van der Waals surface area contributed by atoms with Gasteiger partial charge >= 0.3 is 0 Å². The highest BCUT2D eigenvalue weighted by molar-refractivity contribution is 8.01. The maximum atomic E-state index is 5.79. The van der Waals surface area contributed by atoms with Crippen molar-refractivity contribution >= 4 is 23.1 Å². The standard InChI is InChI=1S/C11H13N3S2/c1-8-7-15-11(14-8)16-10(5-12)9-3-2-4-13-6-9/h2-4,6-7,10H,5,12H2,1H3. The fraction of sp³-hybridized carbons (Fsp3) is 0.273. The minimum Gasteiger partial charge on any atom is -0.329 e. The molecule has 0 saturated carbocycles. The number of thioether (sulfide) groups is 1. The summed E-state index contributed by atoms with van der Waals surface area (Å²) in [6.07, 6.45) is 3.64. The summed E-state index contributed by atoms with van der Waals surface area (Å²) in [5.41, 5.74) is 8.01. The van der Waals surface area contributed by atoms with Crippen molar-refractivity contribution < 1.29 is 0 Å². The molecule has 0 radical (unpaired) electrons. The quantitative estimate of drug-likeness (QED) is 0.849. The van der Waals surface area contributed by atoms with Gasteiger partial charge in [0.1, 0.15) is 0 Å². The average Bonchev–Trinajstić information content (AvgIpc) is 2.73. The largest absolute Gasteiger partial charge is 0.329 e. The highest BCUT2D eigenvalue weighted by Crippen LogP contribution is 2.35. The van der Waals surface area contributed by atoms with Crippen LogP contribution in [0.2, 0.25) is 0 Å². The van der Waals surface area contributed by atoms with E-state index in [9.17, 15) is 0 Å². The minimum absolute atomic E-state index is 0.235. The molecule has 0 bridgehead atoms. The number of aryl methyl sites for hydroxylation is 1. The SMILES string of the molecule is Cc1csc(SC(CN)c2cccnc2)n1. The molecule has 1 atom stereocenters. The number of hydrogen-bond donors (Lipinski definition) is 1. The molecule has 0 aliphatic heterocycles. The van der Waals surface area contributed by atoms with Gasteiger partial charge in [-0.05, 0) is 18.6 Å². The number of thiazole rings is 1. The molecule has 16 heavy (non-hydrogen) atoms. The van der Waals surface area contributed by atoms with Crippen LogP contribution in [-0.2, 0) is 0 Å². The zero-order valence-corrected chi connectivity index (χ0v) is 10.6. The van der Waals surface area contributed by atoms with Gasteiger partial charge in [-0.2, -0.15) is 0 Å². The Kier molecular flexibility index (Phi) is 3.93. The lowest BCUT2D eigenvalue weighted by molar-refractivity contribution is 0.929. The predicted octanol–water partition coefficient (Wildman–Crippen LogP) is 2.64. The van der Waals surface area contributed by atoms with E-state index in [-0.39, 0.29) is 5.25 Å².